The number of nitrogens with zero attached hydrogens (tertiary/aromatic N) is 1. The number of rotatable bonds is 9. The fourth-order valence-electron chi connectivity index (χ4n) is 3.13. The zero-order valence-corrected chi connectivity index (χ0v) is 18.9. The second kappa shape index (κ2) is 10.7. The van der Waals surface area contributed by atoms with E-state index in [1.54, 1.807) is 30.3 Å². The summed E-state index contributed by atoms with van der Waals surface area (Å²) in [5.41, 5.74) is 2.39. The van der Waals surface area contributed by atoms with Crippen molar-refractivity contribution < 1.29 is 22.3 Å². The van der Waals surface area contributed by atoms with Gasteiger partial charge in [-0.2, -0.15) is 5.26 Å². The molecular formula is C25H23FN2O4S. The highest BCUT2D eigenvalue weighted by Gasteiger charge is 2.15. The Morgan fingerprint density at radius 2 is 1.85 bits per heavy atom. The second-order valence-corrected chi connectivity index (χ2v) is 9.56. The van der Waals surface area contributed by atoms with E-state index in [1.807, 2.05) is 13.0 Å². The lowest BCUT2D eigenvalue weighted by atomic mass is 10.1. The Morgan fingerprint density at radius 1 is 1.09 bits per heavy atom. The topological polar surface area (TPSA) is 96.3 Å². The molecule has 3 rings (SSSR count). The molecule has 170 valence electrons. The van der Waals surface area contributed by atoms with Gasteiger partial charge in [-0.05, 0) is 79.1 Å². The quantitative estimate of drug-likeness (QED) is 0.446. The van der Waals surface area contributed by atoms with Crippen LogP contribution in [0.2, 0.25) is 0 Å². The number of anilines is 1. The average molecular weight is 467 g/mol. The Labute approximate surface area is 192 Å². The van der Waals surface area contributed by atoms with E-state index in [-0.39, 0.29) is 41.8 Å². The van der Waals surface area contributed by atoms with E-state index in [9.17, 15) is 17.6 Å². The minimum atomic E-state index is -3.49. The molecule has 0 saturated heterocycles. The Bertz CT molecular complexity index is 1280. The van der Waals surface area contributed by atoms with Crippen LogP contribution in [0.1, 0.15) is 34.3 Å². The largest absolute Gasteiger partial charge is 0.489 e. The van der Waals surface area contributed by atoms with Crippen molar-refractivity contribution in [2.75, 3.05) is 11.1 Å². The first kappa shape index (κ1) is 24.0. The standard InChI is InChI=1S/C25H23FN2O4S/c1-18-15-22(32-17-19-5-4-6-21(26)16-19)9-12-24(18)28-25(29)20-7-10-23(11-8-20)33(30,31)14-3-2-13-27/h4-12,15-16H,2-3,14,17H2,1H3,(H,28,29). The molecule has 0 heterocycles. The van der Waals surface area contributed by atoms with Crippen molar-refractivity contribution in [1.82, 2.24) is 0 Å². The van der Waals surface area contributed by atoms with Crippen molar-refractivity contribution in [3.8, 4) is 11.8 Å². The van der Waals surface area contributed by atoms with Crippen molar-refractivity contribution in [2.45, 2.75) is 31.3 Å². The van der Waals surface area contributed by atoms with Crippen LogP contribution in [-0.2, 0) is 16.4 Å². The van der Waals surface area contributed by atoms with Crippen LogP contribution in [0.15, 0.2) is 71.6 Å². The van der Waals surface area contributed by atoms with E-state index < -0.39 is 9.84 Å². The number of unbranched alkanes of at least 4 members (excludes halogenated alkanes) is 1. The van der Waals surface area contributed by atoms with E-state index in [4.69, 9.17) is 10.00 Å². The Hall–Kier alpha value is -3.70. The van der Waals surface area contributed by atoms with E-state index in [0.29, 0.717) is 22.6 Å². The van der Waals surface area contributed by atoms with Gasteiger partial charge in [-0.3, -0.25) is 4.79 Å². The number of ether oxygens (including phenoxy) is 1. The molecule has 1 amide bonds. The lowest BCUT2D eigenvalue weighted by Gasteiger charge is -2.12. The third kappa shape index (κ3) is 6.64. The fourth-order valence-corrected chi connectivity index (χ4v) is 4.44. The highest BCUT2D eigenvalue weighted by molar-refractivity contribution is 7.91. The highest BCUT2D eigenvalue weighted by Crippen LogP contribution is 2.23. The summed E-state index contributed by atoms with van der Waals surface area (Å²) in [5, 5.41) is 11.4. The van der Waals surface area contributed by atoms with Crippen LogP contribution in [0.4, 0.5) is 10.1 Å². The number of sulfone groups is 1. The average Bonchev–Trinajstić information content (AvgIpc) is 2.79. The molecule has 33 heavy (non-hydrogen) atoms. The Morgan fingerprint density at radius 3 is 2.52 bits per heavy atom. The molecule has 8 heteroatoms. The van der Waals surface area contributed by atoms with Crippen molar-refractivity contribution in [2.24, 2.45) is 0 Å². The maximum atomic E-state index is 13.3. The molecule has 0 aliphatic heterocycles. The number of aryl methyl sites for hydroxylation is 1. The molecule has 3 aromatic rings. The molecule has 0 saturated carbocycles. The first-order valence-electron chi connectivity index (χ1n) is 10.3. The van der Waals surface area contributed by atoms with Gasteiger partial charge in [0.25, 0.3) is 5.91 Å². The number of halogens is 1. The summed E-state index contributed by atoms with van der Waals surface area (Å²) in [4.78, 5) is 12.7. The second-order valence-electron chi connectivity index (χ2n) is 7.45. The molecule has 0 atom stereocenters. The molecule has 1 N–H and O–H groups in total. The molecule has 0 radical (unpaired) electrons. The summed E-state index contributed by atoms with van der Waals surface area (Å²) in [6, 6.07) is 19.0. The fraction of sp³-hybridized carbons (Fsp3) is 0.200. The van der Waals surface area contributed by atoms with Gasteiger partial charge in [0.1, 0.15) is 18.2 Å². The Balaban J connectivity index is 1.62. The van der Waals surface area contributed by atoms with E-state index in [0.717, 1.165) is 5.56 Å². The normalized spacial score (nSPS) is 10.9. The summed E-state index contributed by atoms with van der Waals surface area (Å²) in [5.74, 6) is -0.227. The number of nitrogens with one attached hydrogen (secondary N) is 1. The highest BCUT2D eigenvalue weighted by atomic mass is 32.2. The van der Waals surface area contributed by atoms with Gasteiger partial charge >= 0.3 is 0 Å². The molecule has 3 aromatic carbocycles. The molecule has 0 spiro atoms. The molecule has 6 nitrogen and oxygen atoms in total. The third-order valence-electron chi connectivity index (χ3n) is 4.92. The maximum Gasteiger partial charge on any atom is 0.255 e. The lowest BCUT2D eigenvalue weighted by Crippen LogP contribution is -2.13. The van der Waals surface area contributed by atoms with Crippen molar-refractivity contribution in [3.63, 3.8) is 0 Å². The van der Waals surface area contributed by atoms with E-state index >= 15 is 0 Å². The zero-order chi connectivity index (χ0) is 23.8. The van der Waals surface area contributed by atoms with Crippen LogP contribution in [0.5, 0.6) is 5.75 Å². The molecule has 0 unspecified atom stereocenters. The van der Waals surface area contributed by atoms with Crippen LogP contribution in [0.3, 0.4) is 0 Å². The molecule has 0 aromatic heterocycles. The predicted molar refractivity (Wildman–Crippen MR) is 123 cm³/mol. The minimum absolute atomic E-state index is 0.112. The summed E-state index contributed by atoms with van der Waals surface area (Å²) in [7, 11) is -3.49. The monoisotopic (exact) mass is 466 g/mol. The molecular weight excluding hydrogens is 443 g/mol. The summed E-state index contributed by atoms with van der Waals surface area (Å²) in [6.45, 7) is 2.04. The molecule has 0 fully saturated rings. The van der Waals surface area contributed by atoms with Gasteiger partial charge in [0.15, 0.2) is 9.84 Å². The van der Waals surface area contributed by atoms with E-state index in [1.165, 1.54) is 36.4 Å². The lowest BCUT2D eigenvalue weighted by molar-refractivity contribution is 0.102. The number of hydrogen-bond acceptors (Lipinski definition) is 5. The van der Waals surface area contributed by atoms with Gasteiger partial charge in [-0.15, -0.1) is 0 Å². The van der Waals surface area contributed by atoms with Crippen LogP contribution >= 0.6 is 0 Å². The van der Waals surface area contributed by atoms with Crippen molar-refractivity contribution in [3.05, 3.63) is 89.2 Å². The minimum Gasteiger partial charge on any atom is -0.489 e. The molecule has 0 aliphatic rings. The van der Waals surface area contributed by atoms with Gasteiger partial charge in [0, 0.05) is 17.7 Å². The number of carbonyl (C=O) groups is 1. The summed E-state index contributed by atoms with van der Waals surface area (Å²) >= 11 is 0. The first-order chi connectivity index (χ1) is 15.8. The van der Waals surface area contributed by atoms with Gasteiger partial charge in [-0.1, -0.05) is 12.1 Å². The van der Waals surface area contributed by atoms with Gasteiger partial charge < -0.3 is 10.1 Å². The predicted octanol–water partition coefficient (Wildman–Crippen LogP) is 5.04. The number of benzene rings is 3. The van der Waals surface area contributed by atoms with Crippen molar-refractivity contribution in [1.29, 1.82) is 5.26 Å². The number of carbonyl (C=O) groups excluding carboxylic acids is 1. The third-order valence-corrected chi connectivity index (χ3v) is 6.73. The number of nitriles is 1. The van der Waals surface area contributed by atoms with Crippen LogP contribution in [0.25, 0.3) is 0 Å². The smallest absolute Gasteiger partial charge is 0.255 e. The number of hydrogen-bond donors (Lipinski definition) is 1. The molecule has 0 bridgehead atoms. The van der Waals surface area contributed by atoms with Crippen LogP contribution in [-0.4, -0.2) is 20.1 Å². The summed E-state index contributed by atoms with van der Waals surface area (Å²) in [6.07, 6.45) is 0.440. The molecule has 0 aliphatic carbocycles. The number of amides is 1. The Kier molecular flexibility index (Phi) is 7.80. The maximum absolute atomic E-state index is 13.3. The van der Waals surface area contributed by atoms with Crippen molar-refractivity contribution >= 4 is 21.4 Å². The zero-order valence-electron chi connectivity index (χ0n) is 18.0. The van der Waals surface area contributed by atoms with Gasteiger partial charge in [-0.25, -0.2) is 12.8 Å². The van der Waals surface area contributed by atoms with Gasteiger partial charge in [0.05, 0.1) is 16.7 Å². The summed E-state index contributed by atoms with van der Waals surface area (Å²) < 4.78 is 43.5. The van der Waals surface area contributed by atoms with E-state index in [2.05, 4.69) is 5.32 Å². The van der Waals surface area contributed by atoms with Crippen LogP contribution < -0.4 is 10.1 Å². The van der Waals surface area contributed by atoms with Gasteiger partial charge in [0.2, 0.25) is 0 Å². The first-order valence-corrected chi connectivity index (χ1v) is 11.9. The SMILES string of the molecule is Cc1cc(OCc2cccc(F)c2)ccc1NC(=O)c1ccc(S(=O)(=O)CCCC#N)cc1. The van der Waals surface area contributed by atoms with Crippen LogP contribution in [0, 0.1) is 24.1 Å².